The molecule has 2 saturated heterocycles. The highest BCUT2D eigenvalue weighted by Crippen LogP contribution is 2.28. The van der Waals surface area contributed by atoms with Crippen LogP contribution in [0.1, 0.15) is 12.0 Å². The van der Waals surface area contributed by atoms with Crippen molar-refractivity contribution in [2.45, 2.75) is 13.3 Å². The van der Waals surface area contributed by atoms with Crippen LogP contribution in [0.5, 0.6) is 0 Å². The molecular formula is C16H22ClN3O2. The molecule has 0 spiro atoms. The number of hydrogen-bond donors (Lipinski definition) is 1. The molecule has 0 radical (unpaired) electrons. The number of piperazine rings is 1. The van der Waals surface area contributed by atoms with Crippen molar-refractivity contribution < 1.29 is 9.59 Å². The van der Waals surface area contributed by atoms with Gasteiger partial charge in [-0.15, -0.1) is 12.4 Å². The Labute approximate surface area is 137 Å². The summed E-state index contributed by atoms with van der Waals surface area (Å²) in [5, 5.41) is 3.24. The van der Waals surface area contributed by atoms with Gasteiger partial charge >= 0.3 is 0 Å². The molecule has 1 aromatic carbocycles. The van der Waals surface area contributed by atoms with Crippen molar-refractivity contribution in [3.63, 3.8) is 0 Å². The fraction of sp³-hybridized carbons (Fsp3) is 0.500. The van der Waals surface area contributed by atoms with Gasteiger partial charge in [-0.05, 0) is 18.6 Å². The van der Waals surface area contributed by atoms with Gasteiger partial charge in [0.05, 0.1) is 5.92 Å². The Hall–Kier alpha value is -1.59. The first-order chi connectivity index (χ1) is 10.2. The SMILES string of the molecule is Cc1ccccc1N1CC(C(=O)N2CCNCC2)CC1=O.Cl. The molecule has 120 valence electrons. The van der Waals surface area contributed by atoms with Gasteiger partial charge in [-0.3, -0.25) is 9.59 Å². The van der Waals surface area contributed by atoms with E-state index in [4.69, 9.17) is 0 Å². The van der Waals surface area contributed by atoms with Crippen LogP contribution in [0, 0.1) is 12.8 Å². The number of benzene rings is 1. The molecular weight excluding hydrogens is 302 g/mol. The molecule has 2 aliphatic rings. The van der Waals surface area contributed by atoms with E-state index in [1.54, 1.807) is 4.90 Å². The number of carbonyl (C=O) groups is 2. The summed E-state index contributed by atoms with van der Waals surface area (Å²) in [5.41, 5.74) is 2.00. The average Bonchev–Trinajstić information content (AvgIpc) is 2.90. The summed E-state index contributed by atoms with van der Waals surface area (Å²) in [6.45, 7) is 5.67. The summed E-state index contributed by atoms with van der Waals surface area (Å²) >= 11 is 0. The lowest BCUT2D eigenvalue weighted by atomic mass is 10.1. The van der Waals surface area contributed by atoms with Crippen LogP contribution in [0.2, 0.25) is 0 Å². The molecule has 2 aliphatic heterocycles. The highest BCUT2D eigenvalue weighted by molar-refractivity contribution is 6.00. The van der Waals surface area contributed by atoms with Crippen LogP contribution < -0.4 is 10.2 Å². The van der Waals surface area contributed by atoms with Crippen molar-refractivity contribution in [1.82, 2.24) is 10.2 Å². The zero-order valence-electron chi connectivity index (χ0n) is 12.7. The Bertz CT molecular complexity index is 558. The van der Waals surface area contributed by atoms with E-state index in [0.717, 1.165) is 37.4 Å². The topological polar surface area (TPSA) is 52.7 Å². The predicted molar refractivity (Wildman–Crippen MR) is 88.3 cm³/mol. The lowest BCUT2D eigenvalue weighted by Crippen LogP contribution is -2.48. The maximum Gasteiger partial charge on any atom is 0.228 e. The van der Waals surface area contributed by atoms with Crippen molar-refractivity contribution in [1.29, 1.82) is 0 Å². The van der Waals surface area contributed by atoms with Gasteiger partial charge in [0.25, 0.3) is 0 Å². The second-order valence-corrected chi connectivity index (χ2v) is 5.77. The van der Waals surface area contributed by atoms with Crippen molar-refractivity contribution in [3.05, 3.63) is 29.8 Å². The van der Waals surface area contributed by atoms with Gasteiger partial charge in [0.2, 0.25) is 11.8 Å². The molecule has 2 fully saturated rings. The molecule has 5 nitrogen and oxygen atoms in total. The summed E-state index contributed by atoms with van der Waals surface area (Å²) in [4.78, 5) is 28.4. The first kappa shape index (κ1) is 16.8. The van der Waals surface area contributed by atoms with Crippen LogP contribution in [-0.2, 0) is 9.59 Å². The molecule has 1 aromatic rings. The zero-order chi connectivity index (χ0) is 14.8. The van der Waals surface area contributed by atoms with Crippen LogP contribution in [0.25, 0.3) is 0 Å². The maximum absolute atomic E-state index is 12.5. The van der Waals surface area contributed by atoms with Crippen LogP contribution in [-0.4, -0.2) is 49.4 Å². The van der Waals surface area contributed by atoms with Gasteiger partial charge in [-0.1, -0.05) is 18.2 Å². The first-order valence-corrected chi connectivity index (χ1v) is 7.52. The Morgan fingerprint density at radius 3 is 2.59 bits per heavy atom. The van der Waals surface area contributed by atoms with Gasteiger partial charge in [0.1, 0.15) is 0 Å². The largest absolute Gasteiger partial charge is 0.340 e. The molecule has 0 bridgehead atoms. The minimum Gasteiger partial charge on any atom is -0.340 e. The van der Waals surface area contributed by atoms with E-state index < -0.39 is 0 Å². The van der Waals surface area contributed by atoms with Crippen molar-refractivity contribution >= 4 is 29.9 Å². The Morgan fingerprint density at radius 2 is 1.91 bits per heavy atom. The molecule has 0 aliphatic carbocycles. The van der Waals surface area contributed by atoms with E-state index in [9.17, 15) is 9.59 Å². The van der Waals surface area contributed by atoms with Gasteiger partial charge in [0, 0.05) is 44.8 Å². The molecule has 2 heterocycles. The van der Waals surface area contributed by atoms with Crippen molar-refractivity contribution in [2.24, 2.45) is 5.92 Å². The number of amides is 2. The summed E-state index contributed by atoms with van der Waals surface area (Å²) in [6, 6.07) is 7.84. The number of anilines is 1. The molecule has 2 amide bonds. The molecule has 1 N–H and O–H groups in total. The smallest absolute Gasteiger partial charge is 0.228 e. The molecule has 0 aromatic heterocycles. The standard InChI is InChI=1S/C16H21N3O2.ClH/c1-12-4-2-3-5-14(12)19-11-13(10-15(19)20)16(21)18-8-6-17-7-9-18;/h2-5,13,17H,6-11H2,1H3;1H. The molecule has 6 heteroatoms. The first-order valence-electron chi connectivity index (χ1n) is 7.52. The second-order valence-electron chi connectivity index (χ2n) is 5.77. The predicted octanol–water partition coefficient (Wildman–Crippen LogP) is 1.20. The number of nitrogens with zero attached hydrogens (tertiary/aromatic N) is 2. The maximum atomic E-state index is 12.5. The number of rotatable bonds is 2. The second kappa shape index (κ2) is 7.11. The molecule has 22 heavy (non-hydrogen) atoms. The quantitative estimate of drug-likeness (QED) is 0.890. The molecule has 0 saturated carbocycles. The average molecular weight is 324 g/mol. The van der Waals surface area contributed by atoms with E-state index in [1.807, 2.05) is 36.1 Å². The molecule has 1 unspecified atom stereocenters. The molecule has 3 rings (SSSR count). The van der Waals surface area contributed by atoms with Crippen LogP contribution in [0.4, 0.5) is 5.69 Å². The van der Waals surface area contributed by atoms with E-state index in [1.165, 1.54) is 0 Å². The number of para-hydroxylation sites is 1. The van der Waals surface area contributed by atoms with E-state index in [-0.39, 0.29) is 30.1 Å². The number of hydrogen-bond acceptors (Lipinski definition) is 3. The number of carbonyl (C=O) groups excluding carboxylic acids is 2. The lowest BCUT2D eigenvalue weighted by Gasteiger charge is -2.29. The number of nitrogens with one attached hydrogen (secondary N) is 1. The number of halogens is 1. The number of aryl methyl sites for hydroxylation is 1. The minimum absolute atomic E-state index is 0. The summed E-state index contributed by atoms with van der Waals surface area (Å²) in [6.07, 6.45) is 0.330. The van der Waals surface area contributed by atoms with Crippen molar-refractivity contribution in [2.75, 3.05) is 37.6 Å². The summed E-state index contributed by atoms with van der Waals surface area (Å²) in [5.74, 6) is -0.0195. The summed E-state index contributed by atoms with van der Waals surface area (Å²) in [7, 11) is 0. The van der Waals surface area contributed by atoms with Crippen LogP contribution in [0.15, 0.2) is 24.3 Å². The van der Waals surface area contributed by atoms with Crippen molar-refractivity contribution in [3.8, 4) is 0 Å². The fourth-order valence-corrected chi connectivity index (χ4v) is 3.12. The fourth-order valence-electron chi connectivity index (χ4n) is 3.12. The minimum atomic E-state index is -0.199. The van der Waals surface area contributed by atoms with Crippen LogP contribution >= 0.6 is 12.4 Å². The Morgan fingerprint density at radius 1 is 1.23 bits per heavy atom. The highest BCUT2D eigenvalue weighted by atomic mass is 35.5. The van der Waals surface area contributed by atoms with Gasteiger partial charge in [0.15, 0.2) is 0 Å². The Kier molecular flexibility index (Phi) is 5.42. The monoisotopic (exact) mass is 323 g/mol. The third-order valence-corrected chi connectivity index (χ3v) is 4.31. The lowest BCUT2D eigenvalue weighted by molar-refractivity contribution is -0.136. The highest BCUT2D eigenvalue weighted by Gasteiger charge is 2.37. The zero-order valence-corrected chi connectivity index (χ0v) is 13.6. The van der Waals surface area contributed by atoms with E-state index in [2.05, 4.69) is 5.32 Å². The van der Waals surface area contributed by atoms with Crippen LogP contribution in [0.3, 0.4) is 0 Å². The van der Waals surface area contributed by atoms with E-state index >= 15 is 0 Å². The Balaban J connectivity index is 0.00000176. The van der Waals surface area contributed by atoms with Gasteiger partial charge in [-0.25, -0.2) is 0 Å². The van der Waals surface area contributed by atoms with E-state index in [0.29, 0.717) is 13.0 Å². The third kappa shape index (κ3) is 3.25. The normalized spacial score (nSPS) is 21.7. The van der Waals surface area contributed by atoms with Gasteiger partial charge < -0.3 is 15.1 Å². The molecule has 1 atom stereocenters. The van der Waals surface area contributed by atoms with Gasteiger partial charge in [-0.2, -0.15) is 0 Å². The third-order valence-electron chi connectivity index (χ3n) is 4.31. The summed E-state index contributed by atoms with van der Waals surface area (Å²) < 4.78 is 0.